The molecule has 0 N–H and O–H groups in total. The standard InChI is InChI=1S/C31H29NO7/c1-17(2)15-36-23-10-7-20(13-25(23)35-4)28-27-29(33)21-11-18(3)5-8-22(21)39-30(27)31(34)32(28)14-19-6-9-24-26(12-19)38-16-37-24/h5-13,17,28H,14-16H2,1-4H3/t28-/m0/s1. The number of nitrogens with zero attached hydrogens (tertiary/aromatic N) is 1. The van der Waals surface area contributed by atoms with Gasteiger partial charge in [0.1, 0.15) is 5.58 Å². The highest BCUT2D eigenvalue weighted by atomic mass is 16.7. The Hall–Kier alpha value is -4.46. The lowest BCUT2D eigenvalue weighted by molar-refractivity contribution is 0.0714. The molecule has 1 amide bonds. The lowest BCUT2D eigenvalue weighted by atomic mass is 9.97. The normalized spacial score (nSPS) is 15.8. The van der Waals surface area contributed by atoms with Crippen LogP contribution in [0.25, 0.3) is 11.0 Å². The number of hydrogen-bond acceptors (Lipinski definition) is 7. The summed E-state index contributed by atoms with van der Waals surface area (Å²) in [6.07, 6.45) is 0. The topological polar surface area (TPSA) is 87.4 Å². The molecular formula is C31H29NO7. The number of carbonyl (C=O) groups excluding carboxylic acids is 1. The molecule has 0 aliphatic carbocycles. The molecule has 0 radical (unpaired) electrons. The second-order valence-corrected chi connectivity index (χ2v) is 10.3. The molecular weight excluding hydrogens is 498 g/mol. The van der Waals surface area contributed by atoms with Gasteiger partial charge in [0, 0.05) is 6.54 Å². The van der Waals surface area contributed by atoms with Crippen LogP contribution in [0.3, 0.4) is 0 Å². The van der Waals surface area contributed by atoms with Crippen molar-refractivity contribution in [3.05, 3.63) is 92.8 Å². The molecule has 39 heavy (non-hydrogen) atoms. The predicted octanol–water partition coefficient (Wildman–Crippen LogP) is 5.62. The maximum absolute atomic E-state index is 13.9. The third-order valence-corrected chi connectivity index (χ3v) is 6.99. The van der Waals surface area contributed by atoms with Crippen LogP contribution in [0.5, 0.6) is 23.0 Å². The molecule has 0 saturated carbocycles. The fraction of sp³-hybridized carbons (Fsp3) is 0.290. The Kier molecular flexibility index (Phi) is 6.17. The first-order valence-electron chi connectivity index (χ1n) is 12.9. The van der Waals surface area contributed by atoms with Crippen LogP contribution in [0, 0.1) is 12.8 Å². The van der Waals surface area contributed by atoms with Crippen molar-refractivity contribution >= 4 is 16.9 Å². The average Bonchev–Trinajstić information content (AvgIpc) is 3.50. The zero-order chi connectivity index (χ0) is 27.3. The Morgan fingerprint density at radius 3 is 2.59 bits per heavy atom. The zero-order valence-electron chi connectivity index (χ0n) is 22.3. The third-order valence-electron chi connectivity index (χ3n) is 6.99. The predicted molar refractivity (Wildman–Crippen MR) is 145 cm³/mol. The number of methoxy groups -OCH3 is 1. The van der Waals surface area contributed by atoms with Crippen molar-refractivity contribution in [1.29, 1.82) is 0 Å². The molecule has 4 aromatic rings. The summed E-state index contributed by atoms with van der Waals surface area (Å²) in [5, 5.41) is 0.445. The highest BCUT2D eigenvalue weighted by Gasteiger charge is 2.43. The van der Waals surface area contributed by atoms with Crippen LogP contribution >= 0.6 is 0 Å². The fourth-order valence-electron chi connectivity index (χ4n) is 5.11. The molecule has 2 aliphatic rings. The van der Waals surface area contributed by atoms with Gasteiger partial charge in [0.2, 0.25) is 12.6 Å². The van der Waals surface area contributed by atoms with Gasteiger partial charge in [-0.15, -0.1) is 0 Å². The molecule has 8 nitrogen and oxygen atoms in total. The minimum Gasteiger partial charge on any atom is -0.493 e. The van der Waals surface area contributed by atoms with E-state index >= 15 is 0 Å². The quantitative estimate of drug-likeness (QED) is 0.308. The van der Waals surface area contributed by atoms with Gasteiger partial charge in [0.15, 0.2) is 28.4 Å². The van der Waals surface area contributed by atoms with Crippen molar-refractivity contribution in [2.75, 3.05) is 20.5 Å². The minimum atomic E-state index is -0.688. The summed E-state index contributed by atoms with van der Waals surface area (Å²) < 4.78 is 28.7. The Bertz CT molecular complexity index is 1660. The number of ether oxygens (including phenoxy) is 4. The van der Waals surface area contributed by atoms with Gasteiger partial charge < -0.3 is 28.3 Å². The zero-order valence-corrected chi connectivity index (χ0v) is 22.3. The van der Waals surface area contributed by atoms with Gasteiger partial charge in [-0.2, -0.15) is 0 Å². The van der Waals surface area contributed by atoms with Crippen LogP contribution in [0.2, 0.25) is 0 Å². The summed E-state index contributed by atoms with van der Waals surface area (Å²) in [6, 6.07) is 15.8. The molecule has 200 valence electrons. The summed E-state index contributed by atoms with van der Waals surface area (Å²) in [4.78, 5) is 29.4. The maximum Gasteiger partial charge on any atom is 0.291 e. The molecule has 0 unspecified atom stereocenters. The van der Waals surface area contributed by atoms with Gasteiger partial charge in [-0.1, -0.05) is 37.6 Å². The average molecular weight is 528 g/mol. The molecule has 6 rings (SSSR count). The van der Waals surface area contributed by atoms with Gasteiger partial charge in [0.25, 0.3) is 5.91 Å². The van der Waals surface area contributed by atoms with Gasteiger partial charge in [-0.3, -0.25) is 9.59 Å². The Labute approximate surface area is 225 Å². The molecule has 0 spiro atoms. The molecule has 8 heteroatoms. The molecule has 2 aliphatic heterocycles. The summed E-state index contributed by atoms with van der Waals surface area (Å²) in [5.41, 5.74) is 2.97. The van der Waals surface area contributed by atoms with Crippen LogP contribution in [0.15, 0.2) is 63.8 Å². The highest BCUT2D eigenvalue weighted by Crippen LogP contribution is 2.42. The van der Waals surface area contributed by atoms with E-state index in [1.54, 1.807) is 24.1 Å². The van der Waals surface area contributed by atoms with Crippen molar-refractivity contribution < 1.29 is 28.2 Å². The number of carbonyl (C=O) groups is 1. The molecule has 1 atom stereocenters. The molecule has 0 bridgehead atoms. The number of benzene rings is 3. The summed E-state index contributed by atoms with van der Waals surface area (Å²) in [5.74, 6) is 2.45. The van der Waals surface area contributed by atoms with Crippen LogP contribution in [-0.2, 0) is 6.54 Å². The molecule has 3 aromatic carbocycles. The highest BCUT2D eigenvalue weighted by molar-refractivity contribution is 5.99. The van der Waals surface area contributed by atoms with Crippen molar-refractivity contribution in [3.63, 3.8) is 0 Å². The van der Waals surface area contributed by atoms with Crippen LogP contribution in [-0.4, -0.2) is 31.3 Å². The Balaban J connectivity index is 1.49. The van der Waals surface area contributed by atoms with Crippen molar-refractivity contribution in [3.8, 4) is 23.0 Å². The van der Waals surface area contributed by atoms with E-state index in [9.17, 15) is 9.59 Å². The monoisotopic (exact) mass is 527 g/mol. The lowest BCUT2D eigenvalue weighted by Crippen LogP contribution is -2.29. The molecule has 0 saturated heterocycles. The second-order valence-electron chi connectivity index (χ2n) is 10.3. The second kappa shape index (κ2) is 9.69. The van der Waals surface area contributed by atoms with Gasteiger partial charge in [0.05, 0.1) is 30.7 Å². The number of fused-ring (bicyclic) bond motifs is 3. The van der Waals surface area contributed by atoms with E-state index in [4.69, 9.17) is 23.4 Å². The molecule has 3 heterocycles. The first-order chi connectivity index (χ1) is 18.8. The van der Waals surface area contributed by atoms with Crippen molar-refractivity contribution in [2.45, 2.75) is 33.4 Å². The van der Waals surface area contributed by atoms with Crippen LogP contribution in [0.1, 0.15) is 52.7 Å². The summed E-state index contributed by atoms with van der Waals surface area (Å²) >= 11 is 0. The first-order valence-corrected chi connectivity index (χ1v) is 12.9. The van der Waals surface area contributed by atoms with Gasteiger partial charge in [-0.25, -0.2) is 0 Å². The first kappa shape index (κ1) is 24.9. The van der Waals surface area contributed by atoms with E-state index in [1.807, 2.05) is 49.4 Å². The number of aryl methyl sites for hydroxylation is 1. The number of amides is 1. The summed E-state index contributed by atoms with van der Waals surface area (Å²) in [6.45, 7) is 6.98. The van der Waals surface area contributed by atoms with E-state index < -0.39 is 6.04 Å². The Morgan fingerprint density at radius 2 is 1.79 bits per heavy atom. The SMILES string of the molecule is COc1cc([C@H]2c3c(oc4ccc(C)cc4c3=O)C(=O)N2Cc2ccc3c(c2)OCO3)ccc1OCC(C)C. The molecule has 0 fully saturated rings. The number of rotatable bonds is 7. The Morgan fingerprint density at radius 1 is 0.974 bits per heavy atom. The van der Waals surface area contributed by atoms with Crippen molar-refractivity contribution in [2.24, 2.45) is 5.92 Å². The smallest absolute Gasteiger partial charge is 0.291 e. The minimum absolute atomic E-state index is 0.0567. The maximum atomic E-state index is 13.9. The largest absolute Gasteiger partial charge is 0.493 e. The molecule has 1 aromatic heterocycles. The fourth-order valence-corrected chi connectivity index (χ4v) is 5.11. The van der Waals surface area contributed by atoms with Gasteiger partial charge in [-0.05, 0) is 60.4 Å². The van der Waals surface area contributed by atoms with E-state index in [2.05, 4.69) is 13.8 Å². The van der Waals surface area contributed by atoms with Gasteiger partial charge >= 0.3 is 0 Å². The van der Waals surface area contributed by atoms with E-state index in [1.165, 1.54) is 0 Å². The lowest BCUT2D eigenvalue weighted by Gasteiger charge is -2.26. The van der Waals surface area contributed by atoms with E-state index in [-0.39, 0.29) is 30.4 Å². The van der Waals surface area contributed by atoms with E-state index in [0.29, 0.717) is 52.1 Å². The summed E-state index contributed by atoms with van der Waals surface area (Å²) in [7, 11) is 1.57. The third kappa shape index (κ3) is 4.35. The number of hydrogen-bond donors (Lipinski definition) is 0. The van der Waals surface area contributed by atoms with Crippen LogP contribution < -0.4 is 24.4 Å². The van der Waals surface area contributed by atoms with Crippen LogP contribution in [0.4, 0.5) is 0 Å². The van der Waals surface area contributed by atoms with Crippen molar-refractivity contribution in [1.82, 2.24) is 4.90 Å². The van der Waals surface area contributed by atoms with E-state index in [0.717, 1.165) is 16.7 Å².